The van der Waals surface area contributed by atoms with Gasteiger partial charge in [-0.2, -0.15) is 0 Å². The normalized spacial score (nSPS) is 27.9. The third kappa shape index (κ3) is 9.37. The van der Waals surface area contributed by atoms with Crippen LogP contribution in [0.1, 0.15) is 49.9 Å². The third-order valence-electron chi connectivity index (χ3n) is 12.4. The summed E-state index contributed by atoms with van der Waals surface area (Å²) < 4.78 is 73.9. The van der Waals surface area contributed by atoms with Crippen molar-refractivity contribution < 1.29 is 85.3 Å². The number of nitrogens with zero attached hydrogens (tertiary/aromatic N) is 2. The smallest absolute Gasteiger partial charge is 0.506 e. The van der Waals surface area contributed by atoms with Crippen molar-refractivity contribution in [3.8, 4) is 23.0 Å². The molecule has 4 aliphatic heterocycles. The van der Waals surface area contributed by atoms with Crippen LogP contribution < -0.4 is 25.5 Å². The Morgan fingerprint density at radius 3 is 1.52 bits per heavy atom. The molecule has 380 valence electrons. The van der Waals surface area contributed by atoms with Crippen molar-refractivity contribution in [3.05, 3.63) is 105 Å². The first-order valence-corrected chi connectivity index (χ1v) is 21.9. The van der Waals surface area contributed by atoms with Gasteiger partial charge in [-0.3, -0.25) is 0 Å². The zero-order chi connectivity index (χ0) is 51.7. The molecule has 0 saturated carbocycles. The first-order chi connectivity index (χ1) is 33.8. The predicted octanol–water partition coefficient (Wildman–Crippen LogP) is 6.41. The molecule has 2 aromatic carbocycles. The van der Waals surface area contributed by atoms with Crippen molar-refractivity contribution in [3.63, 3.8) is 0 Å². The number of methoxy groups -OCH3 is 2. The summed E-state index contributed by atoms with van der Waals surface area (Å²) in [5.41, 5.74) is -1.84. The van der Waals surface area contributed by atoms with E-state index in [1.807, 2.05) is 0 Å². The van der Waals surface area contributed by atoms with Gasteiger partial charge in [-0.05, 0) is 65.8 Å². The molecule has 4 fully saturated rings. The van der Waals surface area contributed by atoms with Gasteiger partial charge in [0.2, 0.25) is 24.8 Å². The number of aryl methyl sites for hydroxylation is 2. The fraction of sp³-hybridized carbons (Fsp3) is 0.429. The van der Waals surface area contributed by atoms with E-state index >= 15 is 0 Å². The summed E-state index contributed by atoms with van der Waals surface area (Å²) in [5, 5.41) is 19.1. The zero-order valence-corrected chi connectivity index (χ0v) is 40.6. The van der Waals surface area contributed by atoms with Crippen LogP contribution in [0.4, 0.5) is 9.59 Å². The van der Waals surface area contributed by atoms with E-state index in [0.29, 0.717) is 22.3 Å². The second-order valence-electron chi connectivity index (χ2n) is 16.8. The van der Waals surface area contributed by atoms with Crippen LogP contribution >= 0.6 is 0 Å². The Labute approximate surface area is 405 Å². The van der Waals surface area contributed by atoms with Gasteiger partial charge in [0.15, 0.2) is 12.2 Å². The monoisotopic (exact) mass is 990 g/mol. The van der Waals surface area contributed by atoms with Gasteiger partial charge in [0.25, 0.3) is 0 Å². The van der Waals surface area contributed by atoms with Crippen molar-refractivity contribution in [2.45, 2.75) is 102 Å². The van der Waals surface area contributed by atoms with Crippen LogP contribution in [0.2, 0.25) is 0 Å². The molecule has 71 heavy (non-hydrogen) atoms. The van der Waals surface area contributed by atoms with E-state index in [9.17, 15) is 24.3 Å². The largest absolute Gasteiger partial charge is 0.509 e. The highest BCUT2D eigenvalue weighted by Gasteiger charge is 2.61. The number of oxime groups is 2. The molecular weight excluding hydrogens is 937 g/mol. The highest BCUT2D eigenvalue weighted by atomic mass is 16.8. The average Bonchev–Trinajstić information content (AvgIpc) is 3.92. The van der Waals surface area contributed by atoms with Crippen LogP contribution in [-0.2, 0) is 47.6 Å². The zero-order valence-electron chi connectivity index (χ0n) is 40.6. The standard InChI is InChI=1S/C26H29NO10.C23H25NO10/c1-8-12-32-19-15-10-11-16(13(3)18(15)34-23(28)17(19)14(4)27-31-7)33-24-21-20(35-25(29)36-21)22(30-6)26(5,9-2)37-24;1-7-23(4)19(28-5)17-18(33-22(27)32-17)21(34-23)30-13-9-8-12-15(25)14(11(3)24-29-6)20(26)31-16(12)10(13)2/h8-11,20-22,24H,1-2,12H2,3-7H3;7-9,17-19,21,25H,1H2,2-6H3/t20-,21+,22+,24?,26-;17-,18+,19+,21?,23-/m00/s1. The van der Waals surface area contributed by atoms with E-state index in [4.69, 9.17) is 70.6 Å². The number of carbonyl (C=O) groups is 2. The quantitative estimate of drug-likeness (QED) is 0.0443. The third-order valence-corrected chi connectivity index (χ3v) is 12.4. The highest BCUT2D eigenvalue weighted by Crippen LogP contribution is 2.43. The molecule has 10 atom stereocenters. The van der Waals surface area contributed by atoms with Crippen LogP contribution in [0, 0.1) is 13.8 Å². The second-order valence-corrected chi connectivity index (χ2v) is 16.8. The Morgan fingerprint density at radius 2 is 1.08 bits per heavy atom. The van der Waals surface area contributed by atoms with Crippen LogP contribution in [0.3, 0.4) is 0 Å². The number of hydrogen-bond donors (Lipinski definition) is 1. The van der Waals surface area contributed by atoms with E-state index in [1.165, 1.54) is 47.5 Å². The molecule has 22 nitrogen and oxygen atoms in total. The fourth-order valence-electron chi connectivity index (χ4n) is 8.84. The maximum Gasteiger partial charge on any atom is 0.509 e. The topological polar surface area (TPSA) is 260 Å². The van der Waals surface area contributed by atoms with Crippen LogP contribution in [0.15, 0.2) is 91.0 Å². The van der Waals surface area contributed by atoms with Crippen molar-refractivity contribution in [2.24, 2.45) is 10.3 Å². The van der Waals surface area contributed by atoms with Crippen molar-refractivity contribution in [1.29, 1.82) is 0 Å². The lowest BCUT2D eigenvalue weighted by Gasteiger charge is -2.45. The Bertz CT molecular complexity index is 2940. The summed E-state index contributed by atoms with van der Waals surface area (Å²) in [6, 6.07) is 6.47. The first kappa shape index (κ1) is 51.5. The average molecular weight is 991 g/mol. The van der Waals surface area contributed by atoms with Crippen molar-refractivity contribution in [2.75, 3.05) is 35.0 Å². The Balaban J connectivity index is 0.000000209. The minimum absolute atomic E-state index is 0.108. The van der Waals surface area contributed by atoms with Crippen LogP contribution in [0.25, 0.3) is 21.9 Å². The lowest BCUT2D eigenvalue weighted by Crippen LogP contribution is -2.63. The molecule has 0 amide bonds. The predicted molar refractivity (Wildman–Crippen MR) is 250 cm³/mol. The summed E-state index contributed by atoms with van der Waals surface area (Å²) in [6.45, 7) is 21.4. The van der Waals surface area contributed by atoms with Gasteiger partial charge in [-0.1, -0.05) is 35.1 Å². The van der Waals surface area contributed by atoms with E-state index in [0.717, 1.165) is 0 Å². The minimum atomic E-state index is -1.09. The lowest BCUT2D eigenvalue weighted by molar-refractivity contribution is -0.272. The van der Waals surface area contributed by atoms with Gasteiger partial charge in [0.05, 0.1) is 22.2 Å². The summed E-state index contributed by atoms with van der Waals surface area (Å²) in [4.78, 5) is 59.0. The fourth-order valence-corrected chi connectivity index (χ4v) is 8.84. The van der Waals surface area contributed by atoms with Crippen molar-refractivity contribution >= 4 is 45.7 Å². The van der Waals surface area contributed by atoms with Crippen LogP contribution in [0.5, 0.6) is 23.0 Å². The van der Waals surface area contributed by atoms with Gasteiger partial charge < -0.3 is 75.7 Å². The molecular formula is C49H54N2O20. The number of benzene rings is 2. The molecule has 0 radical (unpaired) electrons. The number of rotatable bonds is 15. The second kappa shape index (κ2) is 20.5. The minimum Gasteiger partial charge on any atom is -0.506 e. The molecule has 0 spiro atoms. The van der Waals surface area contributed by atoms with Crippen LogP contribution in [-0.4, -0.2) is 124 Å². The van der Waals surface area contributed by atoms with Gasteiger partial charge >= 0.3 is 23.6 Å². The van der Waals surface area contributed by atoms with E-state index in [2.05, 4.69) is 30.0 Å². The lowest BCUT2D eigenvalue weighted by atomic mass is 9.88. The molecule has 2 aromatic heterocycles. The Morgan fingerprint density at radius 1 is 0.662 bits per heavy atom. The van der Waals surface area contributed by atoms with Gasteiger partial charge in [0, 0.05) is 25.3 Å². The van der Waals surface area contributed by atoms with Gasteiger partial charge in [-0.15, -0.1) is 13.2 Å². The molecule has 2 unspecified atom stereocenters. The number of ether oxygens (including phenoxy) is 11. The number of carbonyl (C=O) groups excluding carboxylic acids is 2. The molecule has 0 bridgehead atoms. The van der Waals surface area contributed by atoms with E-state index in [1.54, 1.807) is 65.0 Å². The molecule has 22 heteroatoms. The number of aromatic hydroxyl groups is 1. The number of hydrogen-bond acceptors (Lipinski definition) is 22. The van der Waals surface area contributed by atoms with E-state index in [-0.39, 0.29) is 63.0 Å². The molecule has 1 N–H and O–H groups in total. The summed E-state index contributed by atoms with van der Waals surface area (Å²) in [6.07, 6.45) is -3.98. The molecule has 6 heterocycles. The number of fused-ring (bicyclic) bond motifs is 4. The maximum absolute atomic E-state index is 13.0. The first-order valence-electron chi connectivity index (χ1n) is 21.9. The molecule has 4 aliphatic rings. The Hall–Kier alpha value is -7.40. The molecule has 4 aromatic rings. The molecule has 8 rings (SSSR count). The summed E-state index contributed by atoms with van der Waals surface area (Å²) >= 11 is 0. The maximum atomic E-state index is 13.0. The highest BCUT2D eigenvalue weighted by molar-refractivity contribution is 6.06. The molecule has 0 aliphatic carbocycles. The van der Waals surface area contributed by atoms with Crippen molar-refractivity contribution in [1.82, 2.24) is 0 Å². The Kier molecular flexibility index (Phi) is 14.9. The summed E-state index contributed by atoms with van der Waals surface area (Å²) in [5.74, 6) is 0.579. The van der Waals surface area contributed by atoms with E-state index < -0.39 is 84.0 Å². The summed E-state index contributed by atoms with van der Waals surface area (Å²) in [7, 11) is 5.65. The van der Waals surface area contributed by atoms with Gasteiger partial charge in [-0.25, -0.2) is 19.2 Å². The SMILES string of the molecule is C=CCOc1c(C(C)=NOC)c(=O)oc2c(C)c(OC3O[C@@](C)(C=C)[C@H](OC)[C@H]4OC(=O)O[C@@H]34)ccc12.C=C[C@]1(C)OC(Oc2ccc3c(O)c(C(C)=NOC)c(=O)oc3c2C)[C@@H]2OC(=O)O[C@@H]2[C@H]1OC. The molecule has 4 saturated heterocycles. The van der Waals surface area contributed by atoms with Gasteiger partial charge in [0.1, 0.15) is 89.5 Å².